The third-order valence-corrected chi connectivity index (χ3v) is 2.66. The highest BCUT2D eigenvalue weighted by Gasteiger charge is 2.13. The van der Waals surface area contributed by atoms with Crippen molar-refractivity contribution in [1.82, 2.24) is 9.97 Å². The molecule has 1 aromatic heterocycles. The van der Waals surface area contributed by atoms with Crippen molar-refractivity contribution >= 4 is 5.95 Å². The molecule has 2 heterocycles. The summed E-state index contributed by atoms with van der Waals surface area (Å²) in [6.45, 7) is 2.52. The first-order chi connectivity index (χ1) is 7.88. The van der Waals surface area contributed by atoms with Crippen LogP contribution in [-0.2, 0) is 4.74 Å². The second-order valence-corrected chi connectivity index (χ2v) is 3.81. The summed E-state index contributed by atoms with van der Waals surface area (Å²) < 4.78 is 5.29. The molecule has 0 bridgehead atoms. The number of aromatic nitrogens is 2. The Morgan fingerprint density at radius 1 is 1.50 bits per heavy atom. The van der Waals surface area contributed by atoms with Gasteiger partial charge in [0.1, 0.15) is 11.8 Å². The number of nitrogens with one attached hydrogen (secondary N) is 1. The maximum Gasteiger partial charge on any atom is 0.223 e. The predicted molar refractivity (Wildman–Crippen MR) is 58.8 cm³/mol. The first-order valence-electron chi connectivity index (χ1n) is 5.43. The molecule has 1 saturated heterocycles. The smallest absolute Gasteiger partial charge is 0.223 e. The van der Waals surface area contributed by atoms with Crippen LogP contribution in [0.25, 0.3) is 0 Å². The summed E-state index contributed by atoms with van der Waals surface area (Å²) in [6.07, 6.45) is 3.74. The molecule has 1 fully saturated rings. The molecule has 84 valence electrons. The zero-order valence-electron chi connectivity index (χ0n) is 9.02. The highest BCUT2D eigenvalue weighted by atomic mass is 16.5. The van der Waals surface area contributed by atoms with Gasteiger partial charge < -0.3 is 10.1 Å². The van der Waals surface area contributed by atoms with Gasteiger partial charge >= 0.3 is 0 Å². The Bertz CT molecular complexity index is 382. The fourth-order valence-electron chi connectivity index (χ4n) is 1.69. The predicted octanol–water partition coefficient (Wildman–Crippen LogP) is 1.19. The minimum atomic E-state index is 0.393. The molecule has 1 aliphatic heterocycles. The van der Waals surface area contributed by atoms with Crippen molar-refractivity contribution in [2.24, 2.45) is 5.92 Å². The van der Waals surface area contributed by atoms with Crippen molar-refractivity contribution in [3.63, 3.8) is 0 Å². The van der Waals surface area contributed by atoms with Crippen molar-refractivity contribution in [2.45, 2.75) is 12.8 Å². The van der Waals surface area contributed by atoms with Gasteiger partial charge in [0.2, 0.25) is 5.95 Å². The molecule has 0 aromatic carbocycles. The molecule has 2 rings (SSSR count). The van der Waals surface area contributed by atoms with Gasteiger partial charge in [0.15, 0.2) is 0 Å². The highest BCUT2D eigenvalue weighted by molar-refractivity contribution is 5.29. The van der Waals surface area contributed by atoms with Gasteiger partial charge in [0.05, 0.1) is 0 Å². The van der Waals surface area contributed by atoms with Crippen molar-refractivity contribution < 1.29 is 4.74 Å². The van der Waals surface area contributed by atoms with Crippen molar-refractivity contribution in [2.75, 3.05) is 25.1 Å². The summed E-state index contributed by atoms with van der Waals surface area (Å²) in [4.78, 5) is 8.13. The molecular weight excluding hydrogens is 204 g/mol. The Balaban J connectivity index is 1.86. The van der Waals surface area contributed by atoms with E-state index in [-0.39, 0.29) is 0 Å². The summed E-state index contributed by atoms with van der Waals surface area (Å²) >= 11 is 0. The third kappa shape index (κ3) is 2.91. The van der Waals surface area contributed by atoms with E-state index in [4.69, 9.17) is 10.00 Å². The van der Waals surface area contributed by atoms with Crippen molar-refractivity contribution in [3.05, 3.63) is 18.0 Å². The summed E-state index contributed by atoms with van der Waals surface area (Å²) in [7, 11) is 0. The largest absolute Gasteiger partial charge is 0.381 e. The first kappa shape index (κ1) is 10.8. The number of rotatable bonds is 3. The van der Waals surface area contributed by atoms with E-state index in [1.54, 1.807) is 12.3 Å². The summed E-state index contributed by atoms with van der Waals surface area (Å²) in [6, 6.07) is 3.59. The lowest BCUT2D eigenvalue weighted by atomic mass is 10.0. The van der Waals surface area contributed by atoms with E-state index in [0.717, 1.165) is 32.6 Å². The molecule has 1 aliphatic rings. The van der Waals surface area contributed by atoms with Crippen LogP contribution in [0.15, 0.2) is 12.3 Å². The molecule has 16 heavy (non-hydrogen) atoms. The average molecular weight is 218 g/mol. The number of anilines is 1. The normalized spacial score (nSPS) is 16.7. The standard InChI is InChI=1S/C11H14N4O/c12-7-10-1-4-13-11(15-10)14-8-9-2-5-16-6-3-9/h1,4,9H,2-3,5-6,8H2,(H,13,14,15). The van der Waals surface area contributed by atoms with E-state index < -0.39 is 0 Å². The molecule has 5 heteroatoms. The summed E-state index contributed by atoms with van der Waals surface area (Å²) in [5.74, 6) is 1.15. The molecule has 0 radical (unpaired) electrons. The van der Waals surface area contributed by atoms with Gasteiger partial charge in [0, 0.05) is 26.0 Å². The lowest BCUT2D eigenvalue weighted by Gasteiger charge is -2.22. The van der Waals surface area contributed by atoms with E-state index in [2.05, 4.69) is 15.3 Å². The van der Waals surface area contributed by atoms with Crippen LogP contribution in [-0.4, -0.2) is 29.7 Å². The Morgan fingerprint density at radius 2 is 2.31 bits per heavy atom. The molecule has 5 nitrogen and oxygen atoms in total. The molecule has 0 aliphatic carbocycles. The van der Waals surface area contributed by atoms with Crippen LogP contribution < -0.4 is 5.32 Å². The van der Waals surface area contributed by atoms with Crippen molar-refractivity contribution in [1.29, 1.82) is 5.26 Å². The van der Waals surface area contributed by atoms with Gasteiger partial charge in [0.25, 0.3) is 0 Å². The topological polar surface area (TPSA) is 70.8 Å². The molecule has 0 unspecified atom stereocenters. The maximum absolute atomic E-state index is 8.69. The third-order valence-electron chi connectivity index (χ3n) is 2.66. The van der Waals surface area contributed by atoms with E-state index in [9.17, 15) is 0 Å². The zero-order chi connectivity index (χ0) is 11.2. The van der Waals surface area contributed by atoms with Gasteiger partial charge in [-0.05, 0) is 24.8 Å². The minimum Gasteiger partial charge on any atom is -0.381 e. The lowest BCUT2D eigenvalue weighted by molar-refractivity contribution is 0.0699. The maximum atomic E-state index is 8.69. The van der Waals surface area contributed by atoms with E-state index in [1.165, 1.54) is 0 Å². The first-order valence-corrected chi connectivity index (χ1v) is 5.43. The number of nitriles is 1. The molecule has 0 spiro atoms. The van der Waals surface area contributed by atoms with Gasteiger partial charge in [-0.1, -0.05) is 0 Å². The molecule has 0 amide bonds. The molecule has 0 atom stereocenters. The Morgan fingerprint density at radius 3 is 3.06 bits per heavy atom. The number of hydrogen-bond acceptors (Lipinski definition) is 5. The average Bonchev–Trinajstić information content (AvgIpc) is 2.38. The minimum absolute atomic E-state index is 0.393. The zero-order valence-corrected chi connectivity index (χ0v) is 9.02. The molecule has 1 N–H and O–H groups in total. The number of hydrogen-bond donors (Lipinski definition) is 1. The second-order valence-electron chi connectivity index (χ2n) is 3.81. The monoisotopic (exact) mass is 218 g/mol. The Labute approximate surface area is 94.5 Å². The van der Waals surface area contributed by atoms with E-state index in [1.807, 2.05) is 6.07 Å². The molecular formula is C11H14N4O. The highest BCUT2D eigenvalue weighted by Crippen LogP contribution is 2.14. The fourth-order valence-corrected chi connectivity index (χ4v) is 1.69. The van der Waals surface area contributed by atoms with E-state index in [0.29, 0.717) is 17.6 Å². The van der Waals surface area contributed by atoms with Gasteiger partial charge in [-0.25, -0.2) is 9.97 Å². The van der Waals surface area contributed by atoms with Gasteiger partial charge in [-0.3, -0.25) is 0 Å². The van der Waals surface area contributed by atoms with Crippen LogP contribution in [0.5, 0.6) is 0 Å². The van der Waals surface area contributed by atoms with Gasteiger partial charge in [-0.2, -0.15) is 5.26 Å². The fraction of sp³-hybridized carbons (Fsp3) is 0.545. The summed E-state index contributed by atoms with van der Waals surface area (Å²) in [5.41, 5.74) is 0.393. The van der Waals surface area contributed by atoms with Crippen LogP contribution in [0.2, 0.25) is 0 Å². The van der Waals surface area contributed by atoms with Crippen molar-refractivity contribution in [3.8, 4) is 6.07 Å². The molecule has 1 aromatic rings. The molecule has 0 saturated carbocycles. The van der Waals surface area contributed by atoms with Crippen LogP contribution in [0.1, 0.15) is 18.5 Å². The van der Waals surface area contributed by atoms with Crippen LogP contribution in [0, 0.1) is 17.2 Å². The van der Waals surface area contributed by atoms with Crippen LogP contribution in [0.4, 0.5) is 5.95 Å². The van der Waals surface area contributed by atoms with E-state index >= 15 is 0 Å². The Kier molecular flexibility index (Phi) is 3.67. The van der Waals surface area contributed by atoms with Gasteiger partial charge in [-0.15, -0.1) is 0 Å². The van der Waals surface area contributed by atoms with Crippen LogP contribution in [0.3, 0.4) is 0 Å². The second kappa shape index (κ2) is 5.42. The summed E-state index contributed by atoms with van der Waals surface area (Å²) in [5, 5.41) is 11.9. The SMILES string of the molecule is N#Cc1ccnc(NCC2CCOCC2)n1. The van der Waals surface area contributed by atoms with Crippen LogP contribution >= 0.6 is 0 Å². The number of nitrogens with zero attached hydrogens (tertiary/aromatic N) is 3. The number of ether oxygens (including phenoxy) is 1. The lowest BCUT2D eigenvalue weighted by Crippen LogP contribution is -2.23. The Hall–Kier alpha value is -1.67. The quantitative estimate of drug-likeness (QED) is 0.825.